The van der Waals surface area contributed by atoms with Gasteiger partial charge in [-0.2, -0.15) is 0 Å². The first-order valence-corrected chi connectivity index (χ1v) is 5.43. The van der Waals surface area contributed by atoms with Crippen LogP contribution in [0.25, 0.3) is 0 Å². The highest BCUT2D eigenvalue weighted by Crippen LogP contribution is 2.27. The van der Waals surface area contributed by atoms with Gasteiger partial charge in [0.1, 0.15) is 5.69 Å². The number of rotatable bonds is 3. The third kappa shape index (κ3) is 2.58. The minimum atomic E-state index is 0.127. The van der Waals surface area contributed by atoms with Crippen molar-refractivity contribution in [3.8, 4) is 0 Å². The smallest absolute Gasteiger partial charge is 0.184 e. The van der Waals surface area contributed by atoms with E-state index in [9.17, 15) is 5.11 Å². The first-order chi connectivity index (χ1) is 6.88. The second kappa shape index (κ2) is 4.33. The van der Waals surface area contributed by atoms with Crippen LogP contribution in [0.15, 0.2) is 18.2 Å². The highest BCUT2D eigenvalue weighted by Gasteiger charge is 2.20. The summed E-state index contributed by atoms with van der Waals surface area (Å²) in [5, 5.41) is 9.37. The lowest BCUT2D eigenvalue weighted by molar-refractivity contribution is 0.158. The van der Waals surface area contributed by atoms with Gasteiger partial charge in [0.15, 0.2) is 6.73 Å². The van der Waals surface area contributed by atoms with Crippen LogP contribution in [0.4, 0.5) is 5.69 Å². The number of aliphatic hydroxyl groups excluding tert-OH is 1. The summed E-state index contributed by atoms with van der Waals surface area (Å²) in [4.78, 5) is 0. The van der Waals surface area contributed by atoms with Crippen molar-refractivity contribution < 1.29 is 5.11 Å². The summed E-state index contributed by atoms with van der Waals surface area (Å²) in [6, 6.07) is 6.51. The lowest BCUT2D eigenvalue weighted by Gasteiger charge is -2.28. The molecule has 1 N–H and O–H groups in total. The zero-order valence-electron chi connectivity index (χ0n) is 10.4. The Balaban J connectivity index is 3.22. The summed E-state index contributed by atoms with van der Waals surface area (Å²) in [6.45, 7) is 6.60. The minimum absolute atomic E-state index is 0.127. The van der Waals surface area contributed by atoms with Gasteiger partial charge in [-0.15, -0.1) is 0 Å². The maximum absolute atomic E-state index is 9.37. The van der Waals surface area contributed by atoms with Gasteiger partial charge < -0.3 is 5.11 Å². The van der Waals surface area contributed by atoms with Crippen LogP contribution >= 0.6 is 0 Å². The van der Waals surface area contributed by atoms with Crippen LogP contribution in [-0.2, 0) is 0 Å². The highest BCUT2D eigenvalue weighted by atomic mass is 16.3. The Bertz CT molecular complexity index is 342. The normalized spacial score (nSPS) is 12.2. The second-order valence-corrected chi connectivity index (χ2v) is 5.03. The van der Waals surface area contributed by atoms with Gasteiger partial charge in [-0.05, 0) is 18.4 Å². The number of hydrogen-bond donors (Lipinski definition) is 1. The van der Waals surface area contributed by atoms with E-state index < -0.39 is 0 Å². The largest absolute Gasteiger partial charge is 0.347 e. The molecule has 0 saturated carbocycles. The Kier molecular flexibility index (Phi) is 3.53. The highest BCUT2D eigenvalue weighted by molar-refractivity contribution is 5.51. The van der Waals surface area contributed by atoms with Gasteiger partial charge in [0.25, 0.3) is 0 Å². The van der Waals surface area contributed by atoms with Crippen LogP contribution in [-0.4, -0.2) is 25.9 Å². The molecule has 84 valence electrons. The number of aliphatic hydroxyl groups is 1. The summed E-state index contributed by atoms with van der Waals surface area (Å²) in [5.41, 5.74) is 3.76. The van der Waals surface area contributed by atoms with Gasteiger partial charge in [-0.3, -0.25) is 4.48 Å². The molecule has 0 aliphatic carbocycles. The standard InChI is InChI=1S/C13H22NO/c1-10(2)12-7-6-11(3)13(8-12)14(4,5)9-15/h6-8,10,15H,9H2,1-5H3/q+1. The Labute approximate surface area is 92.8 Å². The molecule has 0 fully saturated rings. The Morgan fingerprint density at radius 1 is 1.27 bits per heavy atom. The zero-order valence-corrected chi connectivity index (χ0v) is 10.4. The van der Waals surface area contributed by atoms with Crippen molar-refractivity contribution in [1.29, 1.82) is 0 Å². The van der Waals surface area contributed by atoms with E-state index >= 15 is 0 Å². The molecule has 1 rings (SSSR count). The third-order valence-corrected chi connectivity index (χ3v) is 2.91. The van der Waals surface area contributed by atoms with Crippen LogP contribution in [0.2, 0.25) is 0 Å². The Hall–Kier alpha value is -0.860. The Morgan fingerprint density at radius 3 is 2.33 bits per heavy atom. The summed E-state index contributed by atoms with van der Waals surface area (Å²) in [6.07, 6.45) is 0. The van der Waals surface area contributed by atoms with Gasteiger partial charge in [-0.1, -0.05) is 26.0 Å². The van der Waals surface area contributed by atoms with Gasteiger partial charge in [0.05, 0.1) is 14.1 Å². The summed E-state index contributed by atoms with van der Waals surface area (Å²) in [5.74, 6) is 0.531. The SMILES string of the molecule is Cc1ccc(C(C)C)cc1[N+](C)(C)CO. The predicted octanol–water partition coefficient (Wildman–Crippen LogP) is 2.64. The molecule has 0 heterocycles. The second-order valence-electron chi connectivity index (χ2n) is 5.03. The third-order valence-electron chi connectivity index (χ3n) is 2.91. The van der Waals surface area contributed by atoms with E-state index in [0.717, 1.165) is 0 Å². The minimum Gasteiger partial charge on any atom is -0.347 e. The van der Waals surface area contributed by atoms with E-state index in [4.69, 9.17) is 0 Å². The van der Waals surface area contributed by atoms with E-state index in [2.05, 4.69) is 39.0 Å². The molecular formula is C13H22NO+. The number of quaternary nitrogens is 1. The van der Waals surface area contributed by atoms with Crippen molar-refractivity contribution in [2.45, 2.75) is 26.7 Å². The molecule has 0 aliphatic heterocycles. The number of benzene rings is 1. The van der Waals surface area contributed by atoms with Gasteiger partial charge in [0.2, 0.25) is 0 Å². The fourth-order valence-electron chi connectivity index (χ4n) is 1.71. The van der Waals surface area contributed by atoms with E-state index in [1.54, 1.807) is 0 Å². The molecule has 0 radical (unpaired) electrons. The molecule has 2 heteroatoms. The van der Waals surface area contributed by atoms with E-state index in [1.165, 1.54) is 16.8 Å². The first kappa shape index (κ1) is 12.2. The lowest BCUT2D eigenvalue weighted by Crippen LogP contribution is -2.41. The van der Waals surface area contributed by atoms with Crippen LogP contribution in [0, 0.1) is 6.92 Å². The molecule has 0 aliphatic rings. The average Bonchev–Trinajstić information content (AvgIpc) is 2.17. The monoisotopic (exact) mass is 208 g/mol. The molecule has 1 aromatic carbocycles. The molecule has 0 spiro atoms. The molecule has 0 unspecified atom stereocenters. The van der Waals surface area contributed by atoms with Gasteiger partial charge in [-0.25, -0.2) is 0 Å². The molecule has 0 atom stereocenters. The quantitative estimate of drug-likeness (QED) is 0.598. The maximum atomic E-state index is 9.37. The fourth-order valence-corrected chi connectivity index (χ4v) is 1.71. The van der Waals surface area contributed by atoms with Crippen molar-refractivity contribution in [2.75, 3.05) is 20.8 Å². The van der Waals surface area contributed by atoms with Crippen molar-refractivity contribution in [3.63, 3.8) is 0 Å². The summed E-state index contributed by atoms with van der Waals surface area (Å²) in [7, 11) is 4.04. The predicted molar refractivity (Wildman–Crippen MR) is 66.0 cm³/mol. The summed E-state index contributed by atoms with van der Waals surface area (Å²) >= 11 is 0. The lowest BCUT2D eigenvalue weighted by atomic mass is 10.00. The maximum Gasteiger partial charge on any atom is 0.184 e. The molecule has 0 saturated heterocycles. The number of hydrogen-bond acceptors (Lipinski definition) is 1. The van der Waals surface area contributed by atoms with Crippen LogP contribution in [0.3, 0.4) is 0 Å². The molecule has 2 nitrogen and oxygen atoms in total. The topological polar surface area (TPSA) is 20.2 Å². The number of nitrogens with zero attached hydrogens (tertiary/aromatic N) is 1. The zero-order chi connectivity index (χ0) is 11.6. The molecular weight excluding hydrogens is 186 g/mol. The molecule has 0 aromatic heterocycles. The summed E-state index contributed by atoms with van der Waals surface area (Å²) < 4.78 is 0.520. The molecule has 0 amide bonds. The number of aryl methyl sites for hydroxylation is 1. The average molecular weight is 208 g/mol. The molecule has 15 heavy (non-hydrogen) atoms. The van der Waals surface area contributed by atoms with Crippen molar-refractivity contribution in [1.82, 2.24) is 4.48 Å². The van der Waals surface area contributed by atoms with E-state index in [0.29, 0.717) is 10.4 Å². The van der Waals surface area contributed by atoms with E-state index in [1.807, 2.05) is 14.1 Å². The van der Waals surface area contributed by atoms with E-state index in [-0.39, 0.29) is 6.73 Å². The Morgan fingerprint density at radius 2 is 1.87 bits per heavy atom. The van der Waals surface area contributed by atoms with Crippen molar-refractivity contribution in [2.24, 2.45) is 0 Å². The van der Waals surface area contributed by atoms with Crippen LogP contribution < -0.4 is 4.48 Å². The molecule has 1 aromatic rings. The fraction of sp³-hybridized carbons (Fsp3) is 0.538. The van der Waals surface area contributed by atoms with Crippen LogP contribution in [0.5, 0.6) is 0 Å². The van der Waals surface area contributed by atoms with Crippen molar-refractivity contribution >= 4 is 5.69 Å². The van der Waals surface area contributed by atoms with Gasteiger partial charge >= 0.3 is 0 Å². The molecule has 0 bridgehead atoms. The van der Waals surface area contributed by atoms with Crippen molar-refractivity contribution in [3.05, 3.63) is 29.3 Å². The van der Waals surface area contributed by atoms with Crippen LogP contribution in [0.1, 0.15) is 30.9 Å². The first-order valence-electron chi connectivity index (χ1n) is 5.43. The van der Waals surface area contributed by atoms with Gasteiger partial charge in [0, 0.05) is 11.6 Å².